The molecule has 0 bridgehead atoms. The minimum absolute atomic E-state index is 0.185. The van der Waals surface area contributed by atoms with Crippen LogP contribution < -0.4 is 0 Å². The summed E-state index contributed by atoms with van der Waals surface area (Å²) in [6.45, 7) is 2.82. The Bertz CT molecular complexity index is 267. The van der Waals surface area contributed by atoms with E-state index < -0.39 is 0 Å². The van der Waals surface area contributed by atoms with Crippen molar-refractivity contribution in [2.45, 2.75) is 19.8 Å². The molecule has 0 saturated carbocycles. The second-order valence-electron chi connectivity index (χ2n) is 3.30. The van der Waals surface area contributed by atoms with Gasteiger partial charge in [-0.3, -0.25) is 4.79 Å². The van der Waals surface area contributed by atoms with Crippen molar-refractivity contribution in [3.8, 4) is 0 Å². The number of ketones is 1. The number of rotatable bonds is 6. The third-order valence-electron chi connectivity index (χ3n) is 1.98. The van der Waals surface area contributed by atoms with Crippen molar-refractivity contribution in [1.29, 1.82) is 0 Å². The fourth-order valence-corrected chi connectivity index (χ4v) is 1.15. The summed E-state index contributed by atoms with van der Waals surface area (Å²) in [5.41, 5.74) is 1.27. The molecule has 0 aliphatic rings. The average molecular weight is 192 g/mol. The summed E-state index contributed by atoms with van der Waals surface area (Å²) in [5, 5.41) is 0. The summed E-state index contributed by atoms with van der Waals surface area (Å²) < 4.78 is 5.33. The Balaban J connectivity index is 2.08. The van der Waals surface area contributed by atoms with Gasteiger partial charge in [-0.15, -0.1) is 0 Å². The fraction of sp³-hybridized carbons (Fsp3) is 0.417. The van der Waals surface area contributed by atoms with Crippen molar-refractivity contribution in [2.75, 3.05) is 13.2 Å². The van der Waals surface area contributed by atoms with Gasteiger partial charge in [0.05, 0.1) is 13.2 Å². The molecule has 0 unspecified atom stereocenters. The molecular weight excluding hydrogens is 176 g/mol. The van der Waals surface area contributed by atoms with Crippen LogP contribution in [0.4, 0.5) is 0 Å². The smallest absolute Gasteiger partial charge is 0.132 e. The van der Waals surface area contributed by atoms with E-state index in [1.54, 1.807) is 6.92 Å². The van der Waals surface area contributed by atoms with E-state index in [9.17, 15) is 4.79 Å². The molecule has 2 heteroatoms. The lowest BCUT2D eigenvalue weighted by Crippen LogP contribution is -2.03. The molecule has 2 nitrogen and oxygen atoms in total. The molecule has 1 aromatic rings. The predicted octanol–water partition coefficient (Wildman–Crippen LogP) is 2.22. The van der Waals surface area contributed by atoms with Gasteiger partial charge in [-0.1, -0.05) is 30.3 Å². The Morgan fingerprint density at radius 3 is 2.57 bits per heavy atom. The van der Waals surface area contributed by atoms with Gasteiger partial charge in [0, 0.05) is 6.42 Å². The van der Waals surface area contributed by atoms with Crippen LogP contribution in [-0.4, -0.2) is 19.0 Å². The standard InChI is InChI=1S/C12H16O2/c1-11(13)7-9-14-10-8-12-5-3-2-4-6-12/h2-6H,7-10H2,1H3. The van der Waals surface area contributed by atoms with Crippen LogP contribution in [0.3, 0.4) is 0 Å². The van der Waals surface area contributed by atoms with Crippen LogP contribution in [0.15, 0.2) is 30.3 Å². The van der Waals surface area contributed by atoms with Gasteiger partial charge >= 0.3 is 0 Å². The molecule has 0 heterocycles. The van der Waals surface area contributed by atoms with Crippen LogP contribution >= 0.6 is 0 Å². The maximum Gasteiger partial charge on any atom is 0.132 e. The number of carbonyl (C=O) groups is 1. The van der Waals surface area contributed by atoms with Gasteiger partial charge in [-0.25, -0.2) is 0 Å². The minimum Gasteiger partial charge on any atom is -0.381 e. The highest BCUT2D eigenvalue weighted by atomic mass is 16.5. The van der Waals surface area contributed by atoms with Crippen LogP contribution in [0.5, 0.6) is 0 Å². The predicted molar refractivity (Wildman–Crippen MR) is 56.3 cm³/mol. The van der Waals surface area contributed by atoms with E-state index in [2.05, 4.69) is 12.1 Å². The molecule has 0 atom stereocenters. The Labute approximate surface area is 84.9 Å². The molecular formula is C12H16O2. The topological polar surface area (TPSA) is 26.3 Å². The van der Waals surface area contributed by atoms with Gasteiger partial charge in [-0.05, 0) is 18.9 Å². The average Bonchev–Trinajstić information content (AvgIpc) is 2.18. The Morgan fingerprint density at radius 1 is 1.21 bits per heavy atom. The first kappa shape index (κ1) is 10.9. The van der Waals surface area contributed by atoms with Gasteiger partial charge in [0.2, 0.25) is 0 Å². The van der Waals surface area contributed by atoms with Crippen LogP contribution in [-0.2, 0) is 16.0 Å². The quantitative estimate of drug-likeness (QED) is 0.646. The molecule has 0 aromatic heterocycles. The van der Waals surface area contributed by atoms with Crippen molar-refractivity contribution in [3.63, 3.8) is 0 Å². The highest BCUT2D eigenvalue weighted by Crippen LogP contribution is 1.99. The Hall–Kier alpha value is -1.15. The SMILES string of the molecule is CC(=O)CCOCCc1ccccc1. The third-order valence-corrected chi connectivity index (χ3v) is 1.98. The summed E-state index contributed by atoms with van der Waals surface area (Å²) in [6.07, 6.45) is 1.44. The molecule has 1 aromatic carbocycles. The second kappa shape index (κ2) is 6.33. The molecule has 0 aliphatic heterocycles. The summed E-state index contributed by atoms with van der Waals surface area (Å²) >= 11 is 0. The van der Waals surface area contributed by atoms with E-state index in [4.69, 9.17) is 4.74 Å². The van der Waals surface area contributed by atoms with Crippen molar-refractivity contribution >= 4 is 5.78 Å². The number of hydrogen-bond donors (Lipinski definition) is 0. The van der Waals surface area contributed by atoms with E-state index in [0.717, 1.165) is 6.42 Å². The summed E-state index contributed by atoms with van der Waals surface area (Å²) in [5.74, 6) is 0.185. The maximum absolute atomic E-state index is 10.6. The summed E-state index contributed by atoms with van der Waals surface area (Å²) in [6, 6.07) is 10.2. The molecule has 76 valence electrons. The second-order valence-corrected chi connectivity index (χ2v) is 3.30. The normalized spacial score (nSPS) is 10.1. The van der Waals surface area contributed by atoms with Crippen molar-refractivity contribution in [3.05, 3.63) is 35.9 Å². The molecule has 1 rings (SSSR count). The van der Waals surface area contributed by atoms with Crippen molar-refractivity contribution in [1.82, 2.24) is 0 Å². The van der Waals surface area contributed by atoms with E-state index in [-0.39, 0.29) is 5.78 Å². The fourth-order valence-electron chi connectivity index (χ4n) is 1.15. The number of hydrogen-bond acceptors (Lipinski definition) is 2. The van der Waals surface area contributed by atoms with Crippen LogP contribution in [0, 0.1) is 0 Å². The third kappa shape index (κ3) is 4.77. The Kier molecular flexibility index (Phi) is 4.94. The van der Waals surface area contributed by atoms with Gasteiger partial charge in [0.25, 0.3) is 0 Å². The first-order chi connectivity index (χ1) is 6.79. The number of carbonyl (C=O) groups excluding carboxylic acids is 1. The van der Waals surface area contributed by atoms with E-state index >= 15 is 0 Å². The largest absolute Gasteiger partial charge is 0.381 e. The molecule has 0 N–H and O–H groups in total. The maximum atomic E-state index is 10.6. The van der Waals surface area contributed by atoms with Gasteiger partial charge < -0.3 is 4.74 Å². The molecule has 0 amide bonds. The lowest BCUT2D eigenvalue weighted by molar-refractivity contribution is -0.118. The zero-order valence-corrected chi connectivity index (χ0v) is 8.53. The van der Waals surface area contributed by atoms with E-state index in [1.165, 1.54) is 5.56 Å². The first-order valence-electron chi connectivity index (χ1n) is 4.90. The van der Waals surface area contributed by atoms with Crippen LogP contribution in [0.1, 0.15) is 18.9 Å². The zero-order chi connectivity index (χ0) is 10.2. The lowest BCUT2D eigenvalue weighted by atomic mass is 10.2. The summed E-state index contributed by atoms with van der Waals surface area (Å²) in [4.78, 5) is 10.6. The van der Waals surface area contributed by atoms with Crippen molar-refractivity contribution in [2.24, 2.45) is 0 Å². The molecule has 0 saturated heterocycles. The highest BCUT2D eigenvalue weighted by Gasteiger charge is 1.94. The monoisotopic (exact) mass is 192 g/mol. The minimum atomic E-state index is 0.185. The van der Waals surface area contributed by atoms with E-state index in [0.29, 0.717) is 19.6 Å². The number of ether oxygens (including phenoxy) is 1. The highest BCUT2D eigenvalue weighted by molar-refractivity contribution is 5.75. The molecule has 0 aliphatic carbocycles. The van der Waals surface area contributed by atoms with Gasteiger partial charge in [0.15, 0.2) is 0 Å². The van der Waals surface area contributed by atoms with Crippen molar-refractivity contribution < 1.29 is 9.53 Å². The zero-order valence-electron chi connectivity index (χ0n) is 8.53. The van der Waals surface area contributed by atoms with E-state index in [1.807, 2.05) is 18.2 Å². The number of Topliss-reactive ketones (excluding diaryl/α,β-unsaturated/α-hetero) is 1. The molecule has 0 radical (unpaired) electrons. The molecule has 0 spiro atoms. The first-order valence-corrected chi connectivity index (χ1v) is 4.90. The van der Waals surface area contributed by atoms with Crippen LogP contribution in [0.2, 0.25) is 0 Å². The van der Waals surface area contributed by atoms with Gasteiger partial charge in [-0.2, -0.15) is 0 Å². The van der Waals surface area contributed by atoms with Crippen LogP contribution in [0.25, 0.3) is 0 Å². The molecule has 14 heavy (non-hydrogen) atoms. The summed E-state index contributed by atoms with van der Waals surface area (Å²) in [7, 11) is 0. The lowest BCUT2D eigenvalue weighted by Gasteiger charge is -2.02. The number of benzene rings is 1. The molecule has 0 fully saturated rings. The van der Waals surface area contributed by atoms with Gasteiger partial charge in [0.1, 0.15) is 5.78 Å². The Morgan fingerprint density at radius 2 is 1.93 bits per heavy atom.